The molecule has 4 heteroatoms. The molecule has 1 aromatic heterocycles. The molecule has 4 nitrogen and oxygen atoms in total. The quantitative estimate of drug-likeness (QED) is 0.534. The van der Waals surface area contributed by atoms with E-state index in [1.54, 1.807) is 4.68 Å². The summed E-state index contributed by atoms with van der Waals surface area (Å²) in [5.41, 5.74) is 0. The molecule has 1 heterocycles. The van der Waals surface area contributed by atoms with Gasteiger partial charge in [0.25, 0.3) is 0 Å². The van der Waals surface area contributed by atoms with Crippen LogP contribution in [-0.4, -0.2) is 20.2 Å². The van der Waals surface area contributed by atoms with Gasteiger partial charge >= 0.3 is 0 Å². The second-order valence-electron chi connectivity index (χ2n) is 1.50. The van der Waals surface area contributed by atoms with Gasteiger partial charge in [-0.3, -0.25) is 0 Å². The fourth-order valence-corrected chi connectivity index (χ4v) is 0.466. The second kappa shape index (κ2) is 2.40. The molecule has 0 amide bonds. The Bertz CT molecular complexity index is 134. The van der Waals surface area contributed by atoms with E-state index in [0.29, 0.717) is 0 Å². The Kier molecular flexibility index (Phi) is 1.56. The maximum Gasteiger partial charge on any atom is 0.221 e. The summed E-state index contributed by atoms with van der Waals surface area (Å²) in [6.45, 7) is 2.92. The first-order valence-electron chi connectivity index (χ1n) is 2.57. The minimum absolute atomic E-state index is 0.854. The molecule has 0 aliphatic rings. The topological polar surface area (TPSA) is 43.6 Å². The van der Waals surface area contributed by atoms with Crippen LogP contribution in [0, 0.1) is 6.33 Å². The fraction of sp³-hybridized carbons (Fsp3) is 0.750. The molecule has 0 saturated heterocycles. The molecular weight excluding hydrogens is 104 g/mol. The Balaban J connectivity index is 2.50. The minimum Gasteiger partial charge on any atom is -0.223 e. The number of hydrogen-bond acceptors (Lipinski definition) is 3. The van der Waals surface area contributed by atoms with Crippen molar-refractivity contribution in [2.24, 2.45) is 0 Å². The van der Waals surface area contributed by atoms with Gasteiger partial charge in [0.15, 0.2) is 0 Å². The Morgan fingerprint density at radius 2 is 2.50 bits per heavy atom. The molecule has 0 N–H and O–H groups in total. The van der Waals surface area contributed by atoms with Crippen molar-refractivity contribution in [3.63, 3.8) is 0 Å². The Labute approximate surface area is 47.5 Å². The van der Waals surface area contributed by atoms with E-state index in [0.717, 1.165) is 13.0 Å². The lowest BCUT2D eigenvalue weighted by Crippen LogP contribution is -1.96. The van der Waals surface area contributed by atoms with Crippen molar-refractivity contribution in [3.05, 3.63) is 6.33 Å². The summed E-state index contributed by atoms with van der Waals surface area (Å²) >= 11 is 0. The van der Waals surface area contributed by atoms with Crippen molar-refractivity contribution in [3.8, 4) is 0 Å². The number of nitrogens with zero attached hydrogens (tertiary/aromatic N) is 4. The normalized spacial score (nSPS) is 9.62. The largest absolute Gasteiger partial charge is 0.223 e. The van der Waals surface area contributed by atoms with Gasteiger partial charge in [0, 0.05) is 6.54 Å². The third-order valence-electron chi connectivity index (χ3n) is 0.788. The molecule has 0 aromatic carbocycles. The van der Waals surface area contributed by atoms with Gasteiger partial charge in [-0.1, -0.05) is 6.92 Å². The van der Waals surface area contributed by atoms with Gasteiger partial charge in [-0.25, -0.2) is 4.68 Å². The van der Waals surface area contributed by atoms with E-state index in [-0.39, 0.29) is 0 Å². The Morgan fingerprint density at radius 1 is 1.62 bits per heavy atom. The molecule has 0 bridgehead atoms. The summed E-state index contributed by atoms with van der Waals surface area (Å²) in [6, 6.07) is 0. The van der Waals surface area contributed by atoms with Crippen molar-refractivity contribution < 1.29 is 0 Å². The molecule has 0 unspecified atom stereocenters. The van der Waals surface area contributed by atoms with Gasteiger partial charge in [-0.2, -0.15) is 0 Å². The zero-order chi connectivity index (χ0) is 5.82. The van der Waals surface area contributed by atoms with Crippen LogP contribution in [0.4, 0.5) is 0 Å². The third kappa shape index (κ3) is 1.02. The number of rotatable bonds is 2. The van der Waals surface area contributed by atoms with Gasteiger partial charge in [-0.05, 0) is 16.8 Å². The highest BCUT2D eigenvalue weighted by Crippen LogP contribution is 1.79. The van der Waals surface area contributed by atoms with Gasteiger partial charge < -0.3 is 0 Å². The molecule has 0 saturated carbocycles. The van der Waals surface area contributed by atoms with E-state index in [4.69, 9.17) is 0 Å². The molecule has 0 aliphatic heterocycles. The first-order chi connectivity index (χ1) is 3.93. The lowest BCUT2D eigenvalue weighted by molar-refractivity contribution is 0.575. The monoisotopic (exact) mass is 111 g/mol. The maximum absolute atomic E-state index is 3.61. The SMILES string of the molecule is CCCn1[c]nnn1. The minimum atomic E-state index is 0.854. The lowest BCUT2D eigenvalue weighted by atomic mass is 10.5. The molecule has 0 fully saturated rings. The van der Waals surface area contributed by atoms with E-state index < -0.39 is 0 Å². The predicted molar refractivity (Wildman–Crippen MR) is 26.9 cm³/mol. The third-order valence-corrected chi connectivity index (χ3v) is 0.788. The second-order valence-corrected chi connectivity index (χ2v) is 1.50. The van der Waals surface area contributed by atoms with Crippen molar-refractivity contribution in [2.45, 2.75) is 19.9 Å². The summed E-state index contributed by atoms with van der Waals surface area (Å²) in [6.07, 6.45) is 3.63. The van der Waals surface area contributed by atoms with Crippen LogP contribution in [0.1, 0.15) is 13.3 Å². The highest BCUT2D eigenvalue weighted by molar-refractivity contribution is 4.40. The van der Waals surface area contributed by atoms with Crippen LogP contribution >= 0.6 is 0 Å². The predicted octanol–water partition coefficient (Wildman–Crippen LogP) is -0.117. The average Bonchev–Trinajstić information content (AvgIpc) is 2.19. The molecule has 0 spiro atoms. The van der Waals surface area contributed by atoms with Crippen molar-refractivity contribution in [1.82, 2.24) is 20.2 Å². The zero-order valence-corrected chi connectivity index (χ0v) is 4.70. The molecule has 1 radical (unpaired) electrons. The summed E-state index contributed by atoms with van der Waals surface area (Å²) in [5, 5.41) is 10.4. The molecule has 0 atom stereocenters. The molecule has 43 valence electrons. The van der Waals surface area contributed by atoms with E-state index in [2.05, 4.69) is 28.8 Å². The van der Waals surface area contributed by atoms with Crippen molar-refractivity contribution in [1.29, 1.82) is 0 Å². The van der Waals surface area contributed by atoms with Gasteiger partial charge in [0.1, 0.15) is 0 Å². The summed E-state index contributed by atoms with van der Waals surface area (Å²) in [4.78, 5) is 0. The smallest absolute Gasteiger partial charge is 0.221 e. The lowest BCUT2D eigenvalue weighted by Gasteiger charge is -1.88. The van der Waals surface area contributed by atoms with Crippen LogP contribution in [0.5, 0.6) is 0 Å². The van der Waals surface area contributed by atoms with E-state index >= 15 is 0 Å². The van der Waals surface area contributed by atoms with Crippen molar-refractivity contribution in [2.75, 3.05) is 0 Å². The van der Waals surface area contributed by atoms with Crippen LogP contribution in [0.2, 0.25) is 0 Å². The molecular formula is C4H7N4. The standard InChI is InChI=1S/C4H7N4/c1-2-3-8-4-5-6-7-8/h2-3H2,1H3. The number of aromatic nitrogens is 4. The number of aryl methyl sites for hydroxylation is 1. The van der Waals surface area contributed by atoms with E-state index in [1.807, 2.05) is 0 Å². The first-order valence-corrected chi connectivity index (χ1v) is 2.57. The molecule has 1 rings (SSSR count). The summed E-state index contributed by atoms with van der Waals surface area (Å²) in [5.74, 6) is 0. The van der Waals surface area contributed by atoms with E-state index in [1.165, 1.54) is 0 Å². The highest BCUT2D eigenvalue weighted by Gasteiger charge is 1.86. The molecule has 1 aromatic rings. The summed E-state index contributed by atoms with van der Waals surface area (Å²) in [7, 11) is 0. The Hall–Kier alpha value is -0.930. The molecule has 0 aliphatic carbocycles. The van der Waals surface area contributed by atoms with E-state index in [9.17, 15) is 0 Å². The summed E-state index contributed by atoms with van der Waals surface area (Å²) < 4.78 is 1.58. The average molecular weight is 111 g/mol. The van der Waals surface area contributed by atoms with Gasteiger partial charge in [0.05, 0.1) is 0 Å². The Morgan fingerprint density at radius 3 is 3.00 bits per heavy atom. The van der Waals surface area contributed by atoms with Crippen LogP contribution in [-0.2, 0) is 6.54 Å². The van der Waals surface area contributed by atoms with Crippen LogP contribution < -0.4 is 0 Å². The first kappa shape index (κ1) is 5.21. The zero-order valence-electron chi connectivity index (χ0n) is 4.70. The van der Waals surface area contributed by atoms with Crippen molar-refractivity contribution >= 4 is 0 Å². The van der Waals surface area contributed by atoms with Gasteiger partial charge in [-0.15, -0.1) is 5.10 Å². The van der Waals surface area contributed by atoms with Crippen LogP contribution in [0.3, 0.4) is 0 Å². The molecule has 8 heavy (non-hydrogen) atoms. The maximum atomic E-state index is 3.61. The van der Waals surface area contributed by atoms with Gasteiger partial charge in [0.2, 0.25) is 6.33 Å². The highest BCUT2D eigenvalue weighted by atomic mass is 15.5. The van der Waals surface area contributed by atoms with Crippen LogP contribution in [0.15, 0.2) is 0 Å². The fourth-order valence-electron chi connectivity index (χ4n) is 0.466. The van der Waals surface area contributed by atoms with Crippen LogP contribution in [0.25, 0.3) is 0 Å². The number of tetrazole rings is 1. The number of hydrogen-bond donors (Lipinski definition) is 0.